The first-order valence-electron chi connectivity index (χ1n) is 8.17. The van der Waals surface area contributed by atoms with Gasteiger partial charge in [-0.3, -0.25) is 4.79 Å². The molecular formula is C19H13Cl3N4O2. The fourth-order valence-electron chi connectivity index (χ4n) is 3.14. The molecular weight excluding hydrogens is 423 g/mol. The van der Waals surface area contributed by atoms with Crippen LogP contribution in [-0.2, 0) is 6.54 Å². The third kappa shape index (κ3) is 3.03. The van der Waals surface area contributed by atoms with Gasteiger partial charge in [-0.25, -0.2) is 9.97 Å². The Morgan fingerprint density at radius 2 is 1.75 bits per heavy atom. The van der Waals surface area contributed by atoms with Crippen molar-refractivity contribution in [2.75, 3.05) is 17.7 Å². The molecule has 142 valence electrons. The minimum absolute atomic E-state index is 0.0342. The van der Waals surface area contributed by atoms with E-state index in [0.29, 0.717) is 43.3 Å². The summed E-state index contributed by atoms with van der Waals surface area (Å²) in [5.41, 5.74) is 8.27. The van der Waals surface area contributed by atoms with E-state index in [1.165, 1.54) is 12.0 Å². The van der Waals surface area contributed by atoms with Crippen molar-refractivity contribution >= 4 is 52.3 Å². The van der Waals surface area contributed by atoms with E-state index in [-0.39, 0.29) is 24.1 Å². The molecule has 0 aliphatic carbocycles. The van der Waals surface area contributed by atoms with Crippen molar-refractivity contribution in [2.24, 2.45) is 0 Å². The Labute approximate surface area is 175 Å². The molecule has 0 spiro atoms. The summed E-state index contributed by atoms with van der Waals surface area (Å²) >= 11 is 18.8. The number of nitrogens with zero attached hydrogens (tertiary/aromatic N) is 3. The van der Waals surface area contributed by atoms with Gasteiger partial charge in [0.15, 0.2) is 0 Å². The van der Waals surface area contributed by atoms with Crippen LogP contribution >= 0.6 is 34.8 Å². The fourth-order valence-corrected chi connectivity index (χ4v) is 3.93. The van der Waals surface area contributed by atoms with Crippen molar-refractivity contribution in [1.82, 2.24) is 9.97 Å². The molecule has 0 fully saturated rings. The van der Waals surface area contributed by atoms with Crippen LogP contribution in [0.25, 0.3) is 11.3 Å². The van der Waals surface area contributed by atoms with Crippen molar-refractivity contribution in [1.29, 1.82) is 0 Å². The van der Waals surface area contributed by atoms with Crippen LogP contribution in [0.3, 0.4) is 0 Å². The van der Waals surface area contributed by atoms with Crippen LogP contribution in [0.4, 0.5) is 11.6 Å². The van der Waals surface area contributed by atoms with Crippen LogP contribution in [-0.4, -0.2) is 23.0 Å². The van der Waals surface area contributed by atoms with Crippen molar-refractivity contribution in [2.45, 2.75) is 6.54 Å². The molecule has 9 heteroatoms. The number of nitrogens with two attached hydrogens (primary N) is 1. The van der Waals surface area contributed by atoms with E-state index in [4.69, 9.17) is 45.3 Å². The van der Waals surface area contributed by atoms with Crippen LogP contribution in [0.2, 0.25) is 15.1 Å². The van der Waals surface area contributed by atoms with E-state index >= 15 is 0 Å². The normalized spacial score (nSPS) is 13.0. The maximum Gasteiger partial charge on any atom is 0.277 e. The molecule has 6 nitrogen and oxygen atoms in total. The molecule has 0 unspecified atom stereocenters. The highest BCUT2D eigenvalue weighted by atomic mass is 35.5. The SMILES string of the molecule is COc1cc(-c2nc(N)nc3c2CN(c2ccccc2Cl)C3=O)c(Cl)cc1Cl. The zero-order valence-corrected chi connectivity index (χ0v) is 16.8. The topological polar surface area (TPSA) is 81.3 Å². The zero-order chi connectivity index (χ0) is 20.0. The second-order valence-electron chi connectivity index (χ2n) is 6.07. The van der Waals surface area contributed by atoms with Gasteiger partial charge in [0.05, 0.1) is 40.1 Å². The summed E-state index contributed by atoms with van der Waals surface area (Å²) in [4.78, 5) is 23.0. The number of para-hydroxylation sites is 1. The molecule has 2 aromatic carbocycles. The summed E-state index contributed by atoms with van der Waals surface area (Å²) in [5, 5.41) is 1.18. The van der Waals surface area contributed by atoms with Gasteiger partial charge in [-0.1, -0.05) is 46.9 Å². The van der Waals surface area contributed by atoms with Crippen LogP contribution in [0.5, 0.6) is 5.75 Å². The van der Waals surface area contributed by atoms with Gasteiger partial charge < -0.3 is 15.4 Å². The van der Waals surface area contributed by atoms with Crippen molar-refractivity contribution in [3.63, 3.8) is 0 Å². The third-order valence-electron chi connectivity index (χ3n) is 4.43. The molecule has 0 saturated heterocycles. The molecule has 1 aromatic heterocycles. The summed E-state index contributed by atoms with van der Waals surface area (Å²) in [6, 6.07) is 10.3. The monoisotopic (exact) mass is 434 g/mol. The van der Waals surface area contributed by atoms with Gasteiger partial charge in [0.1, 0.15) is 11.4 Å². The maximum atomic E-state index is 13.0. The maximum absolute atomic E-state index is 13.0. The standard InChI is InChI=1S/C19H13Cl3N4O2/c1-28-15-6-9(12(21)7-13(15)22)16-10-8-26(14-5-3-2-4-11(14)20)18(27)17(10)25-19(23)24-16/h2-7H,8H2,1H3,(H2,23,24,25). The Morgan fingerprint density at radius 1 is 1.04 bits per heavy atom. The molecule has 2 heterocycles. The van der Waals surface area contributed by atoms with E-state index in [0.717, 1.165) is 0 Å². The van der Waals surface area contributed by atoms with Gasteiger partial charge in [0.25, 0.3) is 5.91 Å². The second-order valence-corrected chi connectivity index (χ2v) is 7.29. The Morgan fingerprint density at radius 3 is 2.46 bits per heavy atom. The third-order valence-corrected chi connectivity index (χ3v) is 5.36. The summed E-state index contributed by atoms with van der Waals surface area (Å²) in [5.74, 6) is 0.0860. The lowest BCUT2D eigenvalue weighted by Gasteiger charge is -2.17. The quantitative estimate of drug-likeness (QED) is 0.635. The average Bonchev–Trinajstić information content (AvgIpc) is 2.98. The lowest BCUT2D eigenvalue weighted by molar-refractivity contribution is 0.0992. The number of carbonyl (C=O) groups is 1. The molecule has 1 aliphatic rings. The minimum Gasteiger partial charge on any atom is -0.495 e. The molecule has 1 amide bonds. The zero-order valence-electron chi connectivity index (χ0n) is 14.5. The molecule has 1 aliphatic heterocycles. The molecule has 0 radical (unpaired) electrons. The summed E-state index contributed by atoms with van der Waals surface area (Å²) < 4.78 is 5.28. The largest absolute Gasteiger partial charge is 0.495 e. The molecule has 3 aromatic rings. The van der Waals surface area contributed by atoms with E-state index in [1.807, 2.05) is 0 Å². The summed E-state index contributed by atoms with van der Waals surface area (Å²) in [6.45, 7) is 0.231. The first kappa shape index (κ1) is 18.8. The highest BCUT2D eigenvalue weighted by Gasteiger charge is 2.35. The molecule has 4 rings (SSSR count). The number of halogens is 3. The number of hydrogen-bond donors (Lipinski definition) is 1. The van der Waals surface area contributed by atoms with Crippen molar-refractivity contribution in [3.8, 4) is 17.0 Å². The number of ether oxygens (including phenoxy) is 1. The van der Waals surface area contributed by atoms with E-state index in [9.17, 15) is 4.79 Å². The van der Waals surface area contributed by atoms with Gasteiger partial charge in [-0.05, 0) is 24.3 Å². The van der Waals surface area contributed by atoms with Gasteiger partial charge in [0, 0.05) is 11.1 Å². The lowest BCUT2D eigenvalue weighted by atomic mass is 10.1. The number of rotatable bonds is 3. The molecule has 0 saturated carbocycles. The number of anilines is 2. The second kappa shape index (κ2) is 7.13. The van der Waals surface area contributed by atoms with E-state index in [1.54, 1.807) is 36.4 Å². The number of carbonyl (C=O) groups excluding carboxylic acids is 1. The number of hydrogen-bond acceptors (Lipinski definition) is 5. The highest BCUT2D eigenvalue weighted by molar-refractivity contribution is 6.37. The number of nitrogen functional groups attached to an aromatic ring is 1. The Balaban J connectivity index is 1.89. The van der Waals surface area contributed by atoms with Crippen LogP contribution < -0.4 is 15.4 Å². The van der Waals surface area contributed by atoms with E-state index < -0.39 is 0 Å². The number of fused-ring (bicyclic) bond motifs is 1. The van der Waals surface area contributed by atoms with Crippen molar-refractivity contribution in [3.05, 3.63) is 62.7 Å². The number of methoxy groups -OCH3 is 1. The number of amides is 1. The molecule has 28 heavy (non-hydrogen) atoms. The van der Waals surface area contributed by atoms with Crippen LogP contribution in [0.15, 0.2) is 36.4 Å². The number of aromatic nitrogens is 2. The Hall–Kier alpha value is -2.54. The Bertz CT molecular complexity index is 1120. The van der Waals surface area contributed by atoms with Crippen LogP contribution in [0.1, 0.15) is 16.1 Å². The van der Waals surface area contributed by atoms with E-state index in [2.05, 4.69) is 9.97 Å². The predicted molar refractivity (Wildman–Crippen MR) is 110 cm³/mol. The predicted octanol–water partition coefficient (Wildman–Crippen LogP) is 4.86. The first-order chi connectivity index (χ1) is 13.4. The van der Waals surface area contributed by atoms with Gasteiger partial charge in [0.2, 0.25) is 5.95 Å². The highest BCUT2D eigenvalue weighted by Crippen LogP contribution is 2.41. The smallest absolute Gasteiger partial charge is 0.277 e. The summed E-state index contributed by atoms with van der Waals surface area (Å²) in [6.07, 6.45) is 0. The average molecular weight is 436 g/mol. The summed E-state index contributed by atoms with van der Waals surface area (Å²) in [7, 11) is 1.50. The van der Waals surface area contributed by atoms with Crippen molar-refractivity contribution < 1.29 is 9.53 Å². The first-order valence-corrected chi connectivity index (χ1v) is 9.30. The lowest BCUT2D eigenvalue weighted by Crippen LogP contribution is -2.23. The minimum atomic E-state index is -0.310. The van der Waals surface area contributed by atoms with Gasteiger partial charge >= 0.3 is 0 Å². The molecule has 0 atom stereocenters. The van der Waals surface area contributed by atoms with Gasteiger partial charge in [-0.15, -0.1) is 0 Å². The molecule has 2 N–H and O–H groups in total. The Kier molecular flexibility index (Phi) is 4.79. The molecule has 0 bridgehead atoms. The number of benzene rings is 2. The van der Waals surface area contributed by atoms with Crippen LogP contribution in [0, 0.1) is 0 Å². The van der Waals surface area contributed by atoms with Gasteiger partial charge in [-0.2, -0.15) is 0 Å². The fraction of sp³-hybridized carbons (Fsp3) is 0.105.